The van der Waals surface area contributed by atoms with Gasteiger partial charge < -0.3 is 9.13 Å². The fourth-order valence-electron chi connectivity index (χ4n) is 2.22. The van der Waals surface area contributed by atoms with Gasteiger partial charge in [0.15, 0.2) is 0 Å². The van der Waals surface area contributed by atoms with Crippen LogP contribution < -0.4 is 0 Å². The number of nitro benzene ring substituents is 1. The first-order valence-electron chi connectivity index (χ1n) is 5.85. The van der Waals surface area contributed by atoms with E-state index in [1.165, 1.54) is 6.07 Å². The first kappa shape index (κ1) is 11.5. The van der Waals surface area contributed by atoms with Gasteiger partial charge in [0.2, 0.25) is 0 Å². The highest BCUT2D eigenvalue weighted by atomic mass is 16.6. The summed E-state index contributed by atoms with van der Waals surface area (Å²) in [6, 6.07) is 6.98. The quantitative estimate of drug-likeness (QED) is 0.533. The number of non-ortho nitro benzene ring substituents is 1. The molecule has 2 aromatic heterocycles. The van der Waals surface area contributed by atoms with Crippen molar-refractivity contribution in [2.45, 2.75) is 6.54 Å². The van der Waals surface area contributed by atoms with E-state index in [0.29, 0.717) is 12.1 Å². The number of rotatable bonds is 3. The van der Waals surface area contributed by atoms with E-state index < -0.39 is 0 Å². The molecule has 0 spiro atoms. The van der Waals surface area contributed by atoms with Crippen molar-refractivity contribution in [3.05, 3.63) is 58.8 Å². The number of para-hydroxylation sites is 1. The predicted octanol–water partition coefficient (Wildman–Crippen LogP) is 2.33. The van der Waals surface area contributed by atoms with Crippen molar-refractivity contribution in [2.75, 3.05) is 0 Å². The molecule has 96 valence electrons. The highest BCUT2D eigenvalue weighted by Crippen LogP contribution is 2.26. The van der Waals surface area contributed by atoms with Crippen molar-refractivity contribution < 1.29 is 4.92 Å². The number of aryl methyl sites for hydroxylation is 1. The third-order valence-corrected chi connectivity index (χ3v) is 3.20. The molecule has 0 atom stereocenters. The molecule has 6 nitrogen and oxygen atoms in total. The fraction of sp³-hybridized carbons (Fsp3) is 0.154. The molecular formula is C13H12N4O2. The molecule has 0 radical (unpaired) electrons. The summed E-state index contributed by atoms with van der Waals surface area (Å²) in [5.74, 6) is 0.857. The molecule has 19 heavy (non-hydrogen) atoms. The van der Waals surface area contributed by atoms with Gasteiger partial charge in [0.25, 0.3) is 5.69 Å². The second-order valence-electron chi connectivity index (χ2n) is 4.37. The van der Waals surface area contributed by atoms with Gasteiger partial charge in [0.1, 0.15) is 11.3 Å². The molecule has 0 fully saturated rings. The lowest BCUT2D eigenvalue weighted by molar-refractivity contribution is -0.383. The lowest BCUT2D eigenvalue weighted by Crippen LogP contribution is -2.05. The number of benzene rings is 1. The van der Waals surface area contributed by atoms with Crippen LogP contribution in [0.4, 0.5) is 5.69 Å². The number of aromatic nitrogens is 3. The zero-order chi connectivity index (χ0) is 13.4. The van der Waals surface area contributed by atoms with Crippen LogP contribution in [0.25, 0.3) is 10.9 Å². The van der Waals surface area contributed by atoms with Gasteiger partial charge in [-0.1, -0.05) is 12.1 Å². The van der Waals surface area contributed by atoms with E-state index in [9.17, 15) is 10.1 Å². The van der Waals surface area contributed by atoms with Crippen LogP contribution >= 0.6 is 0 Å². The molecule has 0 aliphatic rings. The highest BCUT2D eigenvalue weighted by Gasteiger charge is 2.16. The third kappa shape index (κ3) is 1.87. The van der Waals surface area contributed by atoms with E-state index in [0.717, 1.165) is 11.2 Å². The molecule has 0 saturated carbocycles. The lowest BCUT2D eigenvalue weighted by Gasteiger charge is -2.06. The Kier molecular flexibility index (Phi) is 2.56. The maximum atomic E-state index is 11.1. The summed E-state index contributed by atoms with van der Waals surface area (Å²) in [5.41, 5.74) is 0.757. The Morgan fingerprint density at radius 2 is 2.16 bits per heavy atom. The first-order chi connectivity index (χ1) is 9.16. The molecule has 0 unspecified atom stereocenters. The topological polar surface area (TPSA) is 65.9 Å². The number of hydrogen-bond acceptors (Lipinski definition) is 3. The first-order valence-corrected chi connectivity index (χ1v) is 5.85. The van der Waals surface area contributed by atoms with E-state index in [2.05, 4.69) is 4.98 Å². The molecular weight excluding hydrogens is 244 g/mol. The molecule has 0 aliphatic carbocycles. The van der Waals surface area contributed by atoms with Gasteiger partial charge in [-0.15, -0.1) is 0 Å². The minimum absolute atomic E-state index is 0.122. The largest absolute Gasteiger partial charge is 0.337 e. The minimum Gasteiger partial charge on any atom is -0.337 e. The van der Waals surface area contributed by atoms with E-state index >= 15 is 0 Å². The SMILES string of the molecule is Cn1ccnc1Cn1ccc2cccc([N+](=O)[O-])c21. The van der Waals surface area contributed by atoms with Crippen LogP contribution in [0.15, 0.2) is 42.9 Å². The molecule has 0 amide bonds. The number of nitrogens with zero attached hydrogens (tertiary/aromatic N) is 4. The van der Waals surface area contributed by atoms with Crippen LogP contribution in [-0.4, -0.2) is 19.0 Å². The molecule has 0 saturated heterocycles. The molecule has 0 bridgehead atoms. The molecule has 3 rings (SSSR count). The second-order valence-corrected chi connectivity index (χ2v) is 4.37. The van der Waals surface area contributed by atoms with E-state index in [4.69, 9.17) is 0 Å². The van der Waals surface area contributed by atoms with Gasteiger partial charge >= 0.3 is 0 Å². The molecule has 2 heterocycles. The van der Waals surface area contributed by atoms with Crippen molar-refractivity contribution in [3.63, 3.8) is 0 Å². The summed E-state index contributed by atoms with van der Waals surface area (Å²) in [7, 11) is 1.91. The van der Waals surface area contributed by atoms with E-state index in [1.54, 1.807) is 12.3 Å². The zero-order valence-electron chi connectivity index (χ0n) is 10.4. The summed E-state index contributed by atoms with van der Waals surface area (Å²) in [6.45, 7) is 0.512. The number of hydrogen-bond donors (Lipinski definition) is 0. The predicted molar refractivity (Wildman–Crippen MR) is 70.9 cm³/mol. The summed E-state index contributed by atoms with van der Waals surface area (Å²) in [5, 5.41) is 12.0. The van der Waals surface area contributed by atoms with Gasteiger partial charge in [0.05, 0.1) is 11.5 Å². The monoisotopic (exact) mass is 256 g/mol. The highest BCUT2D eigenvalue weighted by molar-refractivity contribution is 5.88. The normalized spacial score (nSPS) is 11.0. The Balaban J connectivity index is 2.14. The zero-order valence-corrected chi connectivity index (χ0v) is 10.4. The van der Waals surface area contributed by atoms with Gasteiger partial charge in [-0.3, -0.25) is 10.1 Å². The van der Waals surface area contributed by atoms with E-state index in [-0.39, 0.29) is 10.6 Å². The van der Waals surface area contributed by atoms with Crippen LogP contribution in [0.1, 0.15) is 5.82 Å². The Labute approximate surface area is 109 Å². The van der Waals surface area contributed by atoms with Crippen molar-refractivity contribution in [1.29, 1.82) is 0 Å². The van der Waals surface area contributed by atoms with Gasteiger partial charge in [-0.2, -0.15) is 0 Å². The van der Waals surface area contributed by atoms with Gasteiger partial charge in [0, 0.05) is 37.1 Å². The van der Waals surface area contributed by atoms with Crippen LogP contribution in [0.5, 0.6) is 0 Å². The molecule has 3 aromatic rings. The maximum Gasteiger partial charge on any atom is 0.293 e. The van der Waals surface area contributed by atoms with Crippen molar-refractivity contribution in [3.8, 4) is 0 Å². The lowest BCUT2D eigenvalue weighted by atomic mass is 10.2. The molecule has 6 heteroatoms. The molecule has 1 aromatic carbocycles. The standard InChI is InChI=1S/C13H12N4O2/c1-15-8-6-14-12(15)9-16-7-5-10-3-2-4-11(13(10)16)17(18)19/h2-8H,9H2,1H3. The van der Waals surface area contributed by atoms with Crippen LogP contribution in [0.3, 0.4) is 0 Å². The Morgan fingerprint density at radius 1 is 1.32 bits per heavy atom. The summed E-state index contributed by atoms with van der Waals surface area (Å²) >= 11 is 0. The molecule has 0 N–H and O–H groups in total. The Morgan fingerprint density at radius 3 is 2.84 bits per heavy atom. The third-order valence-electron chi connectivity index (χ3n) is 3.20. The minimum atomic E-state index is -0.350. The van der Waals surface area contributed by atoms with Crippen molar-refractivity contribution in [1.82, 2.24) is 14.1 Å². The van der Waals surface area contributed by atoms with Gasteiger partial charge in [-0.05, 0) is 6.07 Å². The van der Waals surface area contributed by atoms with Crippen molar-refractivity contribution >= 4 is 16.6 Å². The van der Waals surface area contributed by atoms with Gasteiger partial charge in [-0.25, -0.2) is 4.98 Å². The smallest absolute Gasteiger partial charge is 0.293 e. The number of nitro groups is 1. The Bertz CT molecular complexity index is 757. The van der Waals surface area contributed by atoms with Crippen LogP contribution in [0, 0.1) is 10.1 Å². The number of imidazole rings is 1. The van der Waals surface area contributed by atoms with Crippen molar-refractivity contribution in [2.24, 2.45) is 7.05 Å². The second kappa shape index (κ2) is 4.24. The average Bonchev–Trinajstić information content (AvgIpc) is 2.97. The Hall–Kier alpha value is -2.63. The van der Waals surface area contributed by atoms with Crippen LogP contribution in [-0.2, 0) is 13.6 Å². The maximum absolute atomic E-state index is 11.1. The van der Waals surface area contributed by atoms with E-state index in [1.807, 2.05) is 40.7 Å². The summed E-state index contributed by atoms with van der Waals surface area (Å²) < 4.78 is 3.76. The number of fused-ring (bicyclic) bond motifs is 1. The average molecular weight is 256 g/mol. The van der Waals surface area contributed by atoms with Crippen LogP contribution in [0.2, 0.25) is 0 Å². The molecule has 0 aliphatic heterocycles. The summed E-state index contributed by atoms with van der Waals surface area (Å²) in [6.07, 6.45) is 5.43. The fourth-order valence-corrected chi connectivity index (χ4v) is 2.22. The summed E-state index contributed by atoms with van der Waals surface area (Å²) in [4.78, 5) is 15.0.